The summed E-state index contributed by atoms with van der Waals surface area (Å²) in [6.45, 7) is 3.01. The standard InChI is InChI=1S/C21H29F4N3O/c1-2-13-11-19(28-9-7-15(22)8-10-28)17(12-18(13)26)20(29)27-16-5-3-14(4-6-16)21(23,24)25/h11-12,14-16H,2-10,26H2,1H3,(H,27,29). The number of nitrogens with zero attached hydrogens (tertiary/aromatic N) is 1. The number of hydrogen-bond acceptors (Lipinski definition) is 3. The third-order valence-corrected chi connectivity index (χ3v) is 6.17. The minimum absolute atomic E-state index is 0.0300. The van der Waals surface area contributed by atoms with Crippen molar-refractivity contribution in [3.05, 3.63) is 23.3 Å². The third-order valence-electron chi connectivity index (χ3n) is 6.17. The average molecular weight is 415 g/mol. The van der Waals surface area contributed by atoms with Gasteiger partial charge in [-0.2, -0.15) is 13.2 Å². The van der Waals surface area contributed by atoms with E-state index in [1.54, 1.807) is 6.07 Å². The molecule has 1 aliphatic carbocycles. The second-order valence-electron chi connectivity index (χ2n) is 8.15. The number of hydrogen-bond donors (Lipinski definition) is 2. The number of benzene rings is 1. The molecule has 1 saturated heterocycles. The molecule has 2 fully saturated rings. The van der Waals surface area contributed by atoms with Crippen LogP contribution in [0.1, 0.15) is 61.4 Å². The Labute approximate surface area is 168 Å². The van der Waals surface area contributed by atoms with Gasteiger partial charge in [0, 0.05) is 30.5 Å². The van der Waals surface area contributed by atoms with E-state index in [4.69, 9.17) is 5.73 Å². The molecule has 1 saturated carbocycles. The van der Waals surface area contributed by atoms with E-state index >= 15 is 0 Å². The number of halogens is 4. The molecule has 162 valence electrons. The van der Waals surface area contributed by atoms with E-state index in [0.717, 1.165) is 11.3 Å². The number of carbonyl (C=O) groups excluding carboxylic acids is 1. The fourth-order valence-corrected chi connectivity index (χ4v) is 4.32. The topological polar surface area (TPSA) is 58.4 Å². The minimum atomic E-state index is -4.17. The fraction of sp³-hybridized carbons (Fsp3) is 0.667. The first-order valence-electron chi connectivity index (χ1n) is 10.4. The number of piperidine rings is 1. The quantitative estimate of drug-likeness (QED) is 0.557. The smallest absolute Gasteiger partial charge is 0.391 e. The highest BCUT2D eigenvalue weighted by molar-refractivity contribution is 6.01. The Bertz CT molecular complexity index is 721. The Kier molecular flexibility index (Phi) is 6.58. The predicted molar refractivity (Wildman–Crippen MR) is 106 cm³/mol. The van der Waals surface area contributed by atoms with Gasteiger partial charge in [-0.3, -0.25) is 4.79 Å². The van der Waals surface area contributed by atoms with E-state index in [2.05, 4.69) is 5.32 Å². The average Bonchev–Trinajstić information content (AvgIpc) is 2.68. The van der Waals surface area contributed by atoms with Crippen molar-refractivity contribution in [1.29, 1.82) is 0 Å². The Morgan fingerprint density at radius 2 is 1.76 bits per heavy atom. The van der Waals surface area contributed by atoms with Crippen molar-refractivity contribution >= 4 is 17.3 Å². The van der Waals surface area contributed by atoms with Crippen molar-refractivity contribution in [3.8, 4) is 0 Å². The molecule has 0 aromatic heterocycles. The van der Waals surface area contributed by atoms with Gasteiger partial charge >= 0.3 is 6.18 Å². The molecular weight excluding hydrogens is 386 g/mol. The van der Waals surface area contributed by atoms with E-state index in [1.165, 1.54) is 0 Å². The maximum atomic E-state index is 13.6. The van der Waals surface area contributed by atoms with Gasteiger partial charge in [-0.15, -0.1) is 0 Å². The van der Waals surface area contributed by atoms with E-state index in [-0.39, 0.29) is 24.8 Å². The zero-order chi connectivity index (χ0) is 21.2. The zero-order valence-electron chi connectivity index (χ0n) is 16.7. The summed E-state index contributed by atoms with van der Waals surface area (Å²) >= 11 is 0. The van der Waals surface area contributed by atoms with E-state index in [0.29, 0.717) is 56.4 Å². The molecule has 1 amide bonds. The molecule has 4 nitrogen and oxygen atoms in total. The summed E-state index contributed by atoms with van der Waals surface area (Å²) in [5.41, 5.74) is 8.68. The van der Waals surface area contributed by atoms with Crippen molar-refractivity contribution in [2.45, 2.75) is 70.3 Å². The number of rotatable bonds is 4. The highest BCUT2D eigenvalue weighted by Crippen LogP contribution is 2.38. The van der Waals surface area contributed by atoms with Gasteiger partial charge in [-0.1, -0.05) is 6.92 Å². The lowest BCUT2D eigenvalue weighted by Gasteiger charge is -2.33. The van der Waals surface area contributed by atoms with Crippen molar-refractivity contribution in [1.82, 2.24) is 5.32 Å². The monoisotopic (exact) mass is 415 g/mol. The largest absolute Gasteiger partial charge is 0.398 e. The van der Waals surface area contributed by atoms with E-state index in [1.807, 2.05) is 17.9 Å². The molecule has 1 aromatic rings. The summed E-state index contributed by atoms with van der Waals surface area (Å²) in [7, 11) is 0. The van der Waals surface area contributed by atoms with Crippen LogP contribution in [0.4, 0.5) is 28.9 Å². The first-order chi connectivity index (χ1) is 13.7. The highest BCUT2D eigenvalue weighted by Gasteiger charge is 2.41. The van der Waals surface area contributed by atoms with Crippen LogP contribution in [-0.2, 0) is 6.42 Å². The molecule has 1 aliphatic heterocycles. The molecule has 0 radical (unpaired) electrons. The summed E-state index contributed by atoms with van der Waals surface area (Å²) in [4.78, 5) is 15.0. The van der Waals surface area contributed by atoms with Gasteiger partial charge in [0.15, 0.2) is 0 Å². The van der Waals surface area contributed by atoms with Gasteiger partial charge in [0.2, 0.25) is 0 Å². The van der Waals surface area contributed by atoms with Crippen LogP contribution in [0.25, 0.3) is 0 Å². The van der Waals surface area contributed by atoms with Gasteiger partial charge in [0.25, 0.3) is 5.91 Å². The summed E-state index contributed by atoms with van der Waals surface area (Å²) in [6.07, 6.45) is -2.79. The second kappa shape index (κ2) is 8.79. The van der Waals surface area contributed by atoms with Gasteiger partial charge in [-0.25, -0.2) is 4.39 Å². The number of amides is 1. The predicted octanol–water partition coefficient (Wildman–Crippen LogP) is 4.62. The number of alkyl halides is 4. The Hall–Kier alpha value is -1.99. The van der Waals surface area contributed by atoms with E-state index < -0.39 is 18.3 Å². The van der Waals surface area contributed by atoms with Crippen LogP contribution in [-0.4, -0.2) is 37.4 Å². The number of carbonyl (C=O) groups is 1. The first kappa shape index (κ1) is 21.7. The first-order valence-corrected chi connectivity index (χ1v) is 10.4. The Balaban J connectivity index is 1.75. The van der Waals surface area contributed by atoms with Crippen LogP contribution in [0.15, 0.2) is 12.1 Å². The molecule has 1 heterocycles. The van der Waals surface area contributed by atoms with Crippen molar-refractivity contribution in [3.63, 3.8) is 0 Å². The van der Waals surface area contributed by atoms with Crippen molar-refractivity contribution in [2.75, 3.05) is 23.7 Å². The molecule has 3 N–H and O–H groups in total. The van der Waals surface area contributed by atoms with Crippen LogP contribution >= 0.6 is 0 Å². The van der Waals surface area contributed by atoms with Crippen molar-refractivity contribution in [2.24, 2.45) is 5.92 Å². The lowest BCUT2D eigenvalue weighted by atomic mass is 9.85. The molecule has 0 unspecified atom stereocenters. The molecular formula is C21H29F4N3O. The lowest BCUT2D eigenvalue weighted by molar-refractivity contribution is -0.182. The van der Waals surface area contributed by atoms with Crippen LogP contribution in [0.5, 0.6) is 0 Å². The summed E-state index contributed by atoms with van der Waals surface area (Å²) in [6, 6.07) is 3.26. The zero-order valence-corrected chi connectivity index (χ0v) is 16.7. The van der Waals surface area contributed by atoms with Gasteiger partial charge in [-0.05, 0) is 62.6 Å². The summed E-state index contributed by atoms with van der Waals surface area (Å²) < 4.78 is 52.2. The maximum Gasteiger partial charge on any atom is 0.391 e. The third kappa shape index (κ3) is 5.14. The molecule has 8 heteroatoms. The van der Waals surface area contributed by atoms with Crippen LogP contribution in [0.2, 0.25) is 0 Å². The number of aryl methyl sites for hydroxylation is 1. The van der Waals surface area contributed by atoms with Crippen LogP contribution in [0.3, 0.4) is 0 Å². The Morgan fingerprint density at radius 1 is 1.14 bits per heavy atom. The number of nitrogens with one attached hydrogen (secondary N) is 1. The van der Waals surface area contributed by atoms with Gasteiger partial charge in [0.1, 0.15) is 6.17 Å². The Morgan fingerprint density at radius 3 is 2.31 bits per heavy atom. The molecule has 0 atom stereocenters. The fourth-order valence-electron chi connectivity index (χ4n) is 4.32. The molecule has 0 spiro atoms. The summed E-state index contributed by atoms with van der Waals surface area (Å²) in [5.74, 6) is -1.61. The van der Waals surface area contributed by atoms with Gasteiger partial charge in [0.05, 0.1) is 11.5 Å². The lowest BCUT2D eigenvalue weighted by Crippen LogP contribution is -2.41. The van der Waals surface area contributed by atoms with E-state index in [9.17, 15) is 22.4 Å². The second-order valence-corrected chi connectivity index (χ2v) is 8.15. The number of anilines is 2. The molecule has 1 aromatic carbocycles. The summed E-state index contributed by atoms with van der Waals surface area (Å²) in [5, 5.41) is 2.90. The highest BCUT2D eigenvalue weighted by atomic mass is 19.4. The number of nitrogen functional groups attached to an aromatic ring is 1. The SMILES string of the molecule is CCc1cc(N2CCC(F)CC2)c(C(=O)NC2CCC(C(F)(F)F)CC2)cc1N. The minimum Gasteiger partial charge on any atom is -0.398 e. The normalized spacial score (nSPS) is 23.8. The van der Waals surface area contributed by atoms with Crippen LogP contribution in [0, 0.1) is 5.92 Å². The molecule has 0 bridgehead atoms. The van der Waals surface area contributed by atoms with Crippen molar-refractivity contribution < 1.29 is 22.4 Å². The number of nitrogens with two attached hydrogens (primary N) is 1. The molecule has 2 aliphatic rings. The molecule has 29 heavy (non-hydrogen) atoms. The molecule has 3 rings (SSSR count). The van der Waals surface area contributed by atoms with Crippen LogP contribution < -0.4 is 16.0 Å². The maximum absolute atomic E-state index is 13.6. The van der Waals surface area contributed by atoms with Gasteiger partial charge < -0.3 is 16.0 Å².